The topological polar surface area (TPSA) is 192 Å². The van der Waals surface area contributed by atoms with Gasteiger partial charge >= 0.3 is 29.8 Å². The lowest BCUT2D eigenvalue weighted by Crippen LogP contribution is -2.66. The fourth-order valence-corrected chi connectivity index (χ4v) is 2.73. The van der Waals surface area contributed by atoms with Gasteiger partial charge in [-0.05, 0) is 5.53 Å². The highest BCUT2D eigenvalue weighted by Crippen LogP contribution is 2.33. The van der Waals surface area contributed by atoms with Gasteiger partial charge in [0.05, 0.1) is 6.42 Å². The summed E-state index contributed by atoms with van der Waals surface area (Å²) < 4.78 is 26.0. The number of carbonyl (C=O) groups is 5. The van der Waals surface area contributed by atoms with Crippen molar-refractivity contribution in [2.45, 2.75) is 58.3 Å². The van der Waals surface area contributed by atoms with Gasteiger partial charge in [-0.25, -0.2) is 0 Å². The van der Waals surface area contributed by atoms with Gasteiger partial charge in [0, 0.05) is 32.6 Å². The number of nitrogens with zero attached hydrogens (tertiary/aromatic N) is 3. The Morgan fingerprint density at radius 2 is 1.70 bits per heavy atom. The van der Waals surface area contributed by atoms with Crippen LogP contribution in [0.5, 0.6) is 0 Å². The van der Waals surface area contributed by atoms with E-state index in [1.54, 1.807) is 0 Å². The Balaban J connectivity index is 3.34. The molecular formula is C16H22N4O10. The lowest BCUT2D eigenvalue weighted by Gasteiger charge is -2.45. The molecule has 0 aromatic carbocycles. The molecule has 1 N–H and O–H groups in total. The molecule has 0 aliphatic carbocycles. The highest BCUT2D eigenvalue weighted by molar-refractivity contribution is 5.79. The Hall–Kier alpha value is -3.38. The molecule has 1 aliphatic rings. The van der Waals surface area contributed by atoms with E-state index >= 15 is 0 Å². The summed E-state index contributed by atoms with van der Waals surface area (Å²) in [5.41, 5.74) is 8.36. The normalized spacial score (nSPS) is 25.1. The number of nitrogens with one attached hydrogen (secondary N) is 1. The molecule has 0 aromatic rings. The molecule has 1 aliphatic heterocycles. The van der Waals surface area contributed by atoms with E-state index in [-0.39, 0.29) is 0 Å². The zero-order chi connectivity index (χ0) is 22.9. The summed E-state index contributed by atoms with van der Waals surface area (Å²) in [5, 5.41) is 5.35. The first-order chi connectivity index (χ1) is 14.0. The number of rotatable bonds is 8. The summed E-state index contributed by atoms with van der Waals surface area (Å²) in [6.45, 7) is 3.21. The summed E-state index contributed by atoms with van der Waals surface area (Å²) in [6.07, 6.45) is -4.26. The number of hydrogen-bond acceptors (Lipinski definition) is 11. The molecule has 14 heteroatoms. The molecule has 1 heterocycles. The molecule has 1 fully saturated rings. The van der Waals surface area contributed by atoms with E-state index in [9.17, 15) is 24.0 Å². The summed E-state index contributed by atoms with van der Waals surface area (Å²) in [5.74, 6) is -6.15. The third kappa shape index (κ3) is 7.93. The molecule has 166 valence electrons. The van der Waals surface area contributed by atoms with Gasteiger partial charge < -0.3 is 23.7 Å². The third-order valence-corrected chi connectivity index (χ3v) is 3.53. The molecule has 30 heavy (non-hydrogen) atoms. The molecule has 1 rings (SSSR count). The number of carbonyl (C=O) groups excluding carboxylic acids is 5. The summed E-state index contributed by atoms with van der Waals surface area (Å²) >= 11 is 0. The summed E-state index contributed by atoms with van der Waals surface area (Å²) in [7, 11) is 0. The zero-order valence-corrected chi connectivity index (χ0v) is 16.8. The van der Waals surface area contributed by atoms with Crippen LogP contribution in [0.2, 0.25) is 0 Å². The minimum atomic E-state index is -2.19. The molecule has 0 unspecified atom stereocenters. The Labute approximate surface area is 170 Å². The van der Waals surface area contributed by atoms with Crippen LogP contribution in [0.25, 0.3) is 10.4 Å². The van der Waals surface area contributed by atoms with Crippen molar-refractivity contribution in [3.05, 3.63) is 10.4 Å². The molecule has 1 amide bonds. The SMILES string of the molecule is CC(=O)OC[C@H]1O[C@@](NC(=O)CN=[N+]=[N-])(OC(C)=O)C[C@@H](OC(C)=O)[C@H]1OC(C)=O. The minimum absolute atomic E-state index is 0.470. The van der Waals surface area contributed by atoms with Crippen LogP contribution >= 0.6 is 0 Å². The van der Waals surface area contributed by atoms with E-state index in [0.717, 1.165) is 27.7 Å². The van der Waals surface area contributed by atoms with E-state index < -0.39 is 73.6 Å². The second-order valence-electron chi connectivity index (χ2n) is 6.17. The van der Waals surface area contributed by atoms with Crippen molar-refractivity contribution < 1.29 is 47.7 Å². The van der Waals surface area contributed by atoms with Crippen LogP contribution in [0.15, 0.2) is 5.11 Å². The number of hydrogen-bond donors (Lipinski definition) is 1. The van der Waals surface area contributed by atoms with Crippen LogP contribution < -0.4 is 5.32 Å². The van der Waals surface area contributed by atoms with Crippen LogP contribution in [-0.4, -0.2) is 67.2 Å². The predicted octanol–water partition coefficient (Wildman–Crippen LogP) is -0.155. The van der Waals surface area contributed by atoms with Crippen LogP contribution in [0.4, 0.5) is 0 Å². The Bertz CT molecular complexity index is 750. The second kappa shape index (κ2) is 11.0. The Kier molecular flexibility index (Phi) is 9.02. The molecule has 0 bridgehead atoms. The first kappa shape index (κ1) is 24.7. The fourth-order valence-electron chi connectivity index (χ4n) is 2.73. The lowest BCUT2D eigenvalue weighted by molar-refractivity contribution is -0.322. The van der Waals surface area contributed by atoms with Gasteiger partial charge in [0.15, 0.2) is 6.10 Å². The standard InChI is InChI=1S/C16H22N4O10/c1-8(21)26-7-13-15(28-10(3)23)12(27-9(2)22)5-16(30-13,29-11(4)24)19-14(25)6-18-20-17/h12-13,15H,5-7H2,1-4H3,(H,19,25)/t12-,13-,15-,16+/m1/s1. The van der Waals surface area contributed by atoms with E-state index in [0.29, 0.717) is 0 Å². The molecular weight excluding hydrogens is 408 g/mol. The Morgan fingerprint density at radius 3 is 2.20 bits per heavy atom. The van der Waals surface area contributed by atoms with Crippen LogP contribution in [0.1, 0.15) is 34.1 Å². The van der Waals surface area contributed by atoms with Crippen molar-refractivity contribution in [2.75, 3.05) is 13.2 Å². The second-order valence-corrected chi connectivity index (χ2v) is 6.17. The Morgan fingerprint density at radius 1 is 1.07 bits per heavy atom. The van der Waals surface area contributed by atoms with Crippen LogP contribution in [0, 0.1) is 0 Å². The van der Waals surface area contributed by atoms with Crippen LogP contribution in [-0.2, 0) is 47.7 Å². The maximum Gasteiger partial charge on any atom is 0.306 e. The third-order valence-electron chi connectivity index (χ3n) is 3.53. The highest BCUT2D eigenvalue weighted by atomic mass is 16.8. The van der Waals surface area contributed by atoms with Crippen molar-refractivity contribution in [1.29, 1.82) is 0 Å². The molecule has 0 spiro atoms. The molecule has 0 saturated carbocycles. The number of azide groups is 1. The number of esters is 4. The minimum Gasteiger partial charge on any atom is -0.463 e. The number of ether oxygens (including phenoxy) is 5. The maximum atomic E-state index is 12.1. The van der Waals surface area contributed by atoms with E-state index in [2.05, 4.69) is 15.3 Å². The molecule has 0 aromatic heterocycles. The smallest absolute Gasteiger partial charge is 0.306 e. The average Bonchev–Trinajstić information content (AvgIpc) is 2.59. The lowest BCUT2D eigenvalue weighted by atomic mass is 9.98. The van der Waals surface area contributed by atoms with Gasteiger partial charge in [-0.2, -0.15) is 0 Å². The van der Waals surface area contributed by atoms with Crippen molar-refractivity contribution in [3.63, 3.8) is 0 Å². The molecule has 0 radical (unpaired) electrons. The monoisotopic (exact) mass is 430 g/mol. The van der Waals surface area contributed by atoms with Crippen molar-refractivity contribution in [2.24, 2.45) is 5.11 Å². The van der Waals surface area contributed by atoms with Crippen molar-refractivity contribution in [3.8, 4) is 0 Å². The van der Waals surface area contributed by atoms with Crippen molar-refractivity contribution in [1.82, 2.24) is 5.32 Å². The summed E-state index contributed by atoms with van der Waals surface area (Å²) in [6, 6.07) is 0. The average molecular weight is 430 g/mol. The zero-order valence-electron chi connectivity index (χ0n) is 16.8. The first-order valence-corrected chi connectivity index (χ1v) is 8.65. The number of amides is 1. The van der Waals surface area contributed by atoms with Gasteiger partial charge in [0.1, 0.15) is 25.4 Å². The first-order valence-electron chi connectivity index (χ1n) is 8.65. The van der Waals surface area contributed by atoms with Crippen molar-refractivity contribution >= 4 is 29.8 Å². The molecule has 14 nitrogen and oxygen atoms in total. The van der Waals surface area contributed by atoms with Gasteiger partial charge in [0.2, 0.25) is 5.91 Å². The largest absolute Gasteiger partial charge is 0.463 e. The molecule has 4 atom stereocenters. The van der Waals surface area contributed by atoms with E-state index in [4.69, 9.17) is 29.2 Å². The highest BCUT2D eigenvalue weighted by Gasteiger charge is 2.54. The van der Waals surface area contributed by atoms with Gasteiger partial charge in [-0.1, -0.05) is 5.11 Å². The predicted molar refractivity (Wildman–Crippen MR) is 93.9 cm³/mol. The van der Waals surface area contributed by atoms with Crippen LogP contribution in [0.3, 0.4) is 0 Å². The van der Waals surface area contributed by atoms with Gasteiger partial charge in [-0.3, -0.25) is 29.3 Å². The summed E-state index contributed by atoms with van der Waals surface area (Å²) in [4.78, 5) is 60.5. The van der Waals surface area contributed by atoms with Gasteiger partial charge in [0.25, 0.3) is 0 Å². The van der Waals surface area contributed by atoms with E-state index in [1.165, 1.54) is 0 Å². The quantitative estimate of drug-likeness (QED) is 0.135. The van der Waals surface area contributed by atoms with E-state index in [1.807, 2.05) is 0 Å². The maximum absolute atomic E-state index is 12.1. The molecule has 1 saturated heterocycles. The van der Waals surface area contributed by atoms with Gasteiger partial charge in [-0.15, -0.1) is 0 Å². The fraction of sp³-hybridized carbons (Fsp3) is 0.688.